The molecule has 248 valence electrons. The third-order valence-corrected chi connectivity index (χ3v) is 11.1. The average molecular weight is 694 g/mol. The van der Waals surface area contributed by atoms with Gasteiger partial charge in [-0.1, -0.05) is 176 Å². The molecule has 3 nitrogen and oxygen atoms in total. The normalized spacial score (nSPS) is 11.4. The Labute approximate surface area is 311 Å². The maximum Gasteiger partial charge on any atom is 0.164 e. The number of aromatic nitrogens is 3. The molecule has 53 heavy (non-hydrogen) atoms. The molecule has 2 aromatic heterocycles. The van der Waals surface area contributed by atoms with Gasteiger partial charge in [-0.25, -0.2) is 15.0 Å². The van der Waals surface area contributed by atoms with Gasteiger partial charge in [0.05, 0.1) is 0 Å². The van der Waals surface area contributed by atoms with E-state index >= 15 is 0 Å². The van der Waals surface area contributed by atoms with Crippen molar-refractivity contribution >= 4 is 42.3 Å². The summed E-state index contributed by atoms with van der Waals surface area (Å²) in [6, 6.07) is 66.3. The fourth-order valence-corrected chi connectivity index (χ4v) is 8.61. The van der Waals surface area contributed by atoms with E-state index in [9.17, 15) is 0 Å². The molecule has 0 amide bonds. The quantitative estimate of drug-likeness (QED) is 0.174. The Bertz CT molecular complexity index is 2930. The number of thiophene rings is 1. The van der Waals surface area contributed by atoms with Crippen LogP contribution >= 0.6 is 11.3 Å². The van der Waals surface area contributed by atoms with Crippen molar-refractivity contribution in [3.63, 3.8) is 0 Å². The Morgan fingerprint density at radius 3 is 1.47 bits per heavy atom. The second-order valence-corrected chi connectivity index (χ2v) is 14.2. The van der Waals surface area contributed by atoms with Crippen LogP contribution in [0.5, 0.6) is 0 Å². The third kappa shape index (κ3) is 5.57. The molecular formula is C49H31N3S. The lowest BCUT2D eigenvalue weighted by Crippen LogP contribution is -2.01. The summed E-state index contributed by atoms with van der Waals surface area (Å²) in [6.45, 7) is 0. The van der Waals surface area contributed by atoms with E-state index in [1.54, 1.807) is 0 Å². The summed E-state index contributed by atoms with van der Waals surface area (Å²) in [5.41, 5.74) is 9.90. The topological polar surface area (TPSA) is 38.7 Å². The average Bonchev–Trinajstić information content (AvgIpc) is 3.63. The van der Waals surface area contributed by atoms with Crippen LogP contribution in [0, 0.1) is 0 Å². The van der Waals surface area contributed by atoms with Crippen LogP contribution in [0.2, 0.25) is 0 Å². The van der Waals surface area contributed by atoms with Gasteiger partial charge >= 0.3 is 0 Å². The third-order valence-electron chi connectivity index (χ3n) is 9.99. The lowest BCUT2D eigenvalue weighted by molar-refractivity contribution is 1.07. The molecular weight excluding hydrogens is 663 g/mol. The van der Waals surface area contributed by atoms with Crippen LogP contribution < -0.4 is 0 Å². The molecule has 0 N–H and O–H groups in total. The van der Waals surface area contributed by atoms with Crippen molar-refractivity contribution in [3.05, 3.63) is 188 Å². The standard InChI is InChI=1S/C49H31N3S/c1-3-14-32(15-4-1)36-18-7-10-21-42(36)49-51-47(34-16-5-2-6-17-34)50-48(52-49)35-28-26-33(27-29-35)37-30-31-40(39-20-9-8-19-38(37)39)41-23-13-25-45-46(41)43-22-11-12-24-44(43)53-45/h1-31H. The van der Waals surface area contributed by atoms with Gasteiger partial charge in [-0.3, -0.25) is 0 Å². The van der Waals surface area contributed by atoms with Gasteiger partial charge in [0.25, 0.3) is 0 Å². The minimum atomic E-state index is 0.638. The van der Waals surface area contributed by atoms with Crippen molar-refractivity contribution < 1.29 is 0 Å². The van der Waals surface area contributed by atoms with Crippen LogP contribution in [-0.2, 0) is 0 Å². The molecule has 10 rings (SSSR count). The summed E-state index contributed by atoms with van der Waals surface area (Å²) in [5, 5.41) is 5.10. The first-order valence-corrected chi connectivity index (χ1v) is 18.6. The van der Waals surface area contributed by atoms with Crippen molar-refractivity contribution in [2.45, 2.75) is 0 Å². The van der Waals surface area contributed by atoms with Crippen LogP contribution in [0.4, 0.5) is 0 Å². The van der Waals surface area contributed by atoms with E-state index in [1.165, 1.54) is 47.6 Å². The van der Waals surface area contributed by atoms with Gasteiger partial charge in [0, 0.05) is 36.9 Å². The van der Waals surface area contributed by atoms with Crippen LogP contribution in [-0.4, -0.2) is 15.0 Å². The Balaban J connectivity index is 1.08. The molecule has 0 radical (unpaired) electrons. The first kappa shape index (κ1) is 31.0. The molecule has 0 fully saturated rings. The summed E-state index contributed by atoms with van der Waals surface area (Å²) in [7, 11) is 0. The summed E-state index contributed by atoms with van der Waals surface area (Å²) >= 11 is 1.86. The Morgan fingerprint density at radius 2 is 0.736 bits per heavy atom. The zero-order valence-corrected chi connectivity index (χ0v) is 29.5. The number of nitrogens with zero attached hydrogens (tertiary/aromatic N) is 3. The molecule has 4 heteroatoms. The van der Waals surface area contributed by atoms with Gasteiger partial charge in [0.15, 0.2) is 17.5 Å². The number of rotatable bonds is 6. The van der Waals surface area contributed by atoms with Crippen LogP contribution in [0.15, 0.2) is 188 Å². The van der Waals surface area contributed by atoms with Crippen molar-refractivity contribution in [2.75, 3.05) is 0 Å². The highest BCUT2D eigenvalue weighted by atomic mass is 32.1. The molecule has 0 aliphatic rings. The van der Waals surface area contributed by atoms with Gasteiger partial charge in [-0.05, 0) is 56.3 Å². The molecule has 8 aromatic carbocycles. The number of hydrogen-bond donors (Lipinski definition) is 0. The summed E-state index contributed by atoms with van der Waals surface area (Å²) in [6.07, 6.45) is 0. The molecule has 0 unspecified atom stereocenters. The molecule has 0 saturated carbocycles. The minimum Gasteiger partial charge on any atom is -0.208 e. The monoisotopic (exact) mass is 693 g/mol. The lowest BCUT2D eigenvalue weighted by Gasteiger charge is -2.14. The highest BCUT2D eigenvalue weighted by molar-refractivity contribution is 7.25. The van der Waals surface area contributed by atoms with E-state index in [0.29, 0.717) is 17.5 Å². The molecule has 0 aliphatic heterocycles. The van der Waals surface area contributed by atoms with Gasteiger partial charge in [0.1, 0.15) is 0 Å². The SMILES string of the molecule is c1ccc(-c2nc(-c3ccc(-c4ccc(-c5cccc6sc7ccccc7c56)c5ccccc45)cc3)nc(-c3ccccc3-c3ccccc3)n2)cc1. The smallest absolute Gasteiger partial charge is 0.164 e. The maximum absolute atomic E-state index is 5.10. The van der Waals surface area contributed by atoms with E-state index in [1.807, 2.05) is 53.8 Å². The van der Waals surface area contributed by atoms with E-state index < -0.39 is 0 Å². The van der Waals surface area contributed by atoms with Crippen molar-refractivity contribution in [1.29, 1.82) is 0 Å². The molecule has 0 atom stereocenters. The molecule has 0 saturated heterocycles. The van der Waals surface area contributed by atoms with E-state index in [-0.39, 0.29) is 0 Å². The lowest BCUT2D eigenvalue weighted by atomic mass is 9.90. The number of benzene rings is 8. The van der Waals surface area contributed by atoms with Gasteiger partial charge in [-0.15, -0.1) is 11.3 Å². The van der Waals surface area contributed by atoms with E-state index in [4.69, 9.17) is 15.0 Å². The number of fused-ring (bicyclic) bond motifs is 4. The van der Waals surface area contributed by atoms with Crippen LogP contribution in [0.1, 0.15) is 0 Å². The fourth-order valence-electron chi connectivity index (χ4n) is 7.47. The fraction of sp³-hybridized carbons (Fsp3) is 0. The largest absolute Gasteiger partial charge is 0.208 e. The Hall–Kier alpha value is -6.75. The molecule has 0 spiro atoms. The highest BCUT2D eigenvalue weighted by Crippen LogP contribution is 2.43. The van der Waals surface area contributed by atoms with Crippen LogP contribution in [0.3, 0.4) is 0 Å². The predicted molar refractivity (Wildman–Crippen MR) is 223 cm³/mol. The molecule has 0 bridgehead atoms. The zero-order chi connectivity index (χ0) is 35.1. The molecule has 2 heterocycles. The van der Waals surface area contributed by atoms with E-state index in [0.717, 1.165) is 33.4 Å². The second-order valence-electron chi connectivity index (χ2n) is 13.1. The van der Waals surface area contributed by atoms with Gasteiger partial charge < -0.3 is 0 Å². The minimum absolute atomic E-state index is 0.638. The molecule has 0 aliphatic carbocycles. The zero-order valence-electron chi connectivity index (χ0n) is 28.6. The van der Waals surface area contributed by atoms with Gasteiger partial charge in [-0.2, -0.15) is 0 Å². The summed E-state index contributed by atoms with van der Waals surface area (Å²) in [5.74, 6) is 1.93. The predicted octanol–water partition coefficient (Wildman–Crippen LogP) is 13.4. The maximum atomic E-state index is 5.10. The van der Waals surface area contributed by atoms with Gasteiger partial charge in [0.2, 0.25) is 0 Å². The van der Waals surface area contributed by atoms with E-state index in [2.05, 4.69) is 146 Å². The Morgan fingerprint density at radius 1 is 0.264 bits per heavy atom. The first-order chi connectivity index (χ1) is 26.3. The molecule has 10 aromatic rings. The first-order valence-electron chi connectivity index (χ1n) is 17.8. The van der Waals surface area contributed by atoms with Crippen LogP contribution in [0.25, 0.3) is 98.5 Å². The second kappa shape index (κ2) is 13.1. The summed E-state index contributed by atoms with van der Waals surface area (Å²) in [4.78, 5) is 15.2. The number of hydrogen-bond acceptors (Lipinski definition) is 4. The van der Waals surface area contributed by atoms with Crippen molar-refractivity contribution in [3.8, 4) is 67.5 Å². The summed E-state index contributed by atoms with van der Waals surface area (Å²) < 4.78 is 2.63. The highest BCUT2D eigenvalue weighted by Gasteiger charge is 2.17. The Kier molecular flexibility index (Phi) is 7.67. The van der Waals surface area contributed by atoms with Crippen molar-refractivity contribution in [1.82, 2.24) is 15.0 Å². The van der Waals surface area contributed by atoms with Crippen molar-refractivity contribution in [2.24, 2.45) is 0 Å².